The molecule has 0 radical (unpaired) electrons. The number of ether oxygens (including phenoxy) is 1. The van der Waals surface area contributed by atoms with Gasteiger partial charge in [0.25, 0.3) is 0 Å². The van der Waals surface area contributed by atoms with Gasteiger partial charge in [-0.15, -0.1) is 0 Å². The van der Waals surface area contributed by atoms with Gasteiger partial charge in [0.05, 0.1) is 11.6 Å². The number of aromatic nitrogens is 2. The quantitative estimate of drug-likeness (QED) is 0.919. The SMILES string of the molecule is CCC(C)(OC)c1nc2c([nH]1)CC(C(F)(F)F)CC2. The van der Waals surface area contributed by atoms with Crippen LogP contribution in [0.25, 0.3) is 0 Å². The van der Waals surface area contributed by atoms with Gasteiger partial charge in [-0.3, -0.25) is 0 Å². The molecule has 2 atom stereocenters. The molecule has 1 N–H and O–H groups in total. The lowest BCUT2D eigenvalue weighted by molar-refractivity contribution is -0.177. The van der Waals surface area contributed by atoms with E-state index in [9.17, 15) is 13.2 Å². The van der Waals surface area contributed by atoms with Crippen molar-refractivity contribution in [3.8, 4) is 0 Å². The second-order valence-corrected chi connectivity index (χ2v) is 5.28. The van der Waals surface area contributed by atoms with Gasteiger partial charge in [0.15, 0.2) is 0 Å². The van der Waals surface area contributed by atoms with Crippen molar-refractivity contribution in [1.29, 1.82) is 0 Å². The fraction of sp³-hybridized carbons (Fsp3) is 0.769. The Labute approximate surface area is 110 Å². The number of methoxy groups -OCH3 is 1. The molecule has 2 unspecified atom stereocenters. The summed E-state index contributed by atoms with van der Waals surface area (Å²) >= 11 is 0. The van der Waals surface area contributed by atoms with Crippen molar-refractivity contribution in [1.82, 2.24) is 9.97 Å². The minimum atomic E-state index is -4.13. The normalized spacial score (nSPS) is 22.9. The van der Waals surface area contributed by atoms with Crippen LogP contribution >= 0.6 is 0 Å². The number of imidazole rings is 1. The van der Waals surface area contributed by atoms with Crippen molar-refractivity contribution in [2.75, 3.05) is 7.11 Å². The smallest absolute Gasteiger partial charge is 0.371 e. The second-order valence-electron chi connectivity index (χ2n) is 5.28. The Kier molecular flexibility index (Phi) is 3.64. The fourth-order valence-corrected chi connectivity index (χ4v) is 2.42. The van der Waals surface area contributed by atoms with Crippen molar-refractivity contribution in [2.45, 2.75) is 51.3 Å². The third-order valence-electron chi connectivity index (χ3n) is 4.13. The Morgan fingerprint density at radius 2 is 2.11 bits per heavy atom. The molecule has 3 nitrogen and oxygen atoms in total. The minimum absolute atomic E-state index is 0.00462. The van der Waals surface area contributed by atoms with Crippen LogP contribution in [0.5, 0.6) is 0 Å². The highest BCUT2D eigenvalue weighted by molar-refractivity contribution is 5.21. The molecule has 1 aliphatic rings. The first-order chi connectivity index (χ1) is 8.80. The number of aryl methyl sites for hydroxylation is 1. The van der Waals surface area contributed by atoms with Gasteiger partial charge in [-0.2, -0.15) is 13.2 Å². The third-order valence-corrected chi connectivity index (χ3v) is 4.13. The molecule has 0 fully saturated rings. The summed E-state index contributed by atoms with van der Waals surface area (Å²) in [7, 11) is 1.59. The minimum Gasteiger partial charge on any atom is -0.371 e. The second kappa shape index (κ2) is 4.81. The molecule has 1 aliphatic carbocycles. The molecule has 0 saturated carbocycles. The molecule has 0 amide bonds. The van der Waals surface area contributed by atoms with Crippen LogP contribution in [0.4, 0.5) is 13.2 Å². The van der Waals surface area contributed by atoms with Crippen LogP contribution in [0, 0.1) is 5.92 Å². The number of alkyl halides is 3. The molecule has 2 rings (SSSR count). The molecule has 1 aromatic heterocycles. The van der Waals surface area contributed by atoms with Crippen molar-refractivity contribution < 1.29 is 17.9 Å². The lowest BCUT2D eigenvalue weighted by Gasteiger charge is -2.24. The molecule has 108 valence electrons. The van der Waals surface area contributed by atoms with Gasteiger partial charge in [0, 0.05) is 19.2 Å². The molecule has 6 heteroatoms. The zero-order valence-electron chi connectivity index (χ0n) is 11.4. The number of halogens is 3. The number of nitrogens with one attached hydrogen (secondary N) is 1. The lowest BCUT2D eigenvalue weighted by Crippen LogP contribution is -2.28. The van der Waals surface area contributed by atoms with Crippen LogP contribution < -0.4 is 0 Å². The van der Waals surface area contributed by atoms with Gasteiger partial charge in [-0.05, 0) is 26.2 Å². The highest BCUT2D eigenvalue weighted by Gasteiger charge is 2.42. The van der Waals surface area contributed by atoms with Crippen molar-refractivity contribution in [2.24, 2.45) is 5.92 Å². The number of hydrogen-bond acceptors (Lipinski definition) is 2. The van der Waals surface area contributed by atoms with E-state index in [2.05, 4.69) is 9.97 Å². The van der Waals surface area contributed by atoms with Crippen molar-refractivity contribution in [3.63, 3.8) is 0 Å². The average Bonchev–Trinajstić information content (AvgIpc) is 2.80. The monoisotopic (exact) mass is 276 g/mol. The first-order valence-corrected chi connectivity index (χ1v) is 6.50. The number of aromatic amines is 1. The Balaban J connectivity index is 2.26. The highest BCUT2D eigenvalue weighted by Crippen LogP contribution is 2.37. The summed E-state index contributed by atoms with van der Waals surface area (Å²) in [5.74, 6) is -0.631. The zero-order chi connectivity index (χ0) is 14.3. The van der Waals surface area contributed by atoms with Gasteiger partial charge in [0.1, 0.15) is 11.4 Å². The van der Waals surface area contributed by atoms with E-state index in [0.29, 0.717) is 24.4 Å². The summed E-state index contributed by atoms with van der Waals surface area (Å²) in [5.41, 5.74) is 0.804. The summed E-state index contributed by atoms with van der Waals surface area (Å²) in [6, 6.07) is 0. The fourth-order valence-electron chi connectivity index (χ4n) is 2.42. The lowest BCUT2D eigenvalue weighted by atomic mass is 9.89. The van der Waals surface area contributed by atoms with Gasteiger partial charge in [0.2, 0.25) is 0 Å². The van der Waals surface area contributed by atoms with Crippen LogP contribution in [0.1, 0.15) is 43.9 Å². The summed E-state index contributed by atoms with van der Waals surface area (Å²) in [6.45, 7) is 3.85. The molecule has 0 aliphatic heterocycles. The molecule has 0 spiro atoms. The van der Waals surface area contributed by atoms with E-state index in [1.165, 1.54) is 0 Å². The van der Waals surface area contributed by atoms with Crippen LogP contribution in [0.2, 0.25) is 0 Å². The number of H-pyrrole nitrogens is 1. The maximum atomic E-state index is 12.7. The van der Waals surface area contributed by atoms with Crippen LogP contribution in [-0.4, -0.2) is 23.3 Å². The number of fused-ring (bicyclic) bond motifs is 1. The van der Waals surface area contributed by atoms with Crippen molar-refractivity contribution in [3.05, 3.63) is 17.2 Å². The van der Waals surface area contributed by atoms with Gasteiger partial charge < -0.3 is 9.72 Å². The van der Waals surface area contributed by atoms with E-state index in [4.69, 9.17) is 4.74 Å². The molecule has 1 aromatic rings. The molecule has 0 bridgehead atoms. The van der Waals surface area contributed by atoms with E-state index >= 15 is 0 Å². The Morgan fingerprint density at radius 1 is 1.42 bits per heavy atom. The molecule has 19 heavy (non-hydrogen) atoms. The van der Waals surface area contributed by atoms with Crippen LogP contribution in [0.3, 0.4) is 0 Å². The third kappa shape index (κ3) is 2.63. The van der Waals surface area contributed by atoms with E-state index in [0.717, 1.165) is 5.69 Å². The summed E-state index contributed by atoms with van der Waals surface area (Å²) < 4.78 is 43.7. The molecule has 1 heterocycles. The van der Waals surface area contributed by atoms with Gasteiger partial charge in [-0.1, -0.05) is 6.92 Å². The molecule has 0 aromatic carbocycles. The topological polar surface area (TPSA) is 37.9 Å². The maximum Gasteiger partial charge on any atom is 0.392 e. The number of rotatable bonds is 3. The predicted molar refractivity (Wildman–Crippen MR) is 64.8 cm³/mol. The average molecular weight is 276 g/mol. The Morgan fingerprint density at radius 3 is 2.63 bits per heavy atom. The Hall–Kier alpha value is -1.04. The highest BCUT2D eigenvalue weighted by atomic mass is 19.4. The first kappa shape index (κ1) is 14.4. The van der Waals surface area contributed by atoms with Gasteiger partial charge in [-0.25, -0.2) is 4.98 Å². The van der Waals surface area contributed by atoms with Crippen LogP contribution in [-0.2, 0) is 23.2 Å². The Bertz CT molecular complexity index is 449. The van der Waals surface area contributed by atoms with E-state index in [-0.39, 0.29) is 12.8 Å². The maximum absolute atomic E-state index is 12.7. The van der Waals surface area contributed by atoms with Crippen molar-refractivity contribution >= 4 is 0 Å². The van der Waals surface area contributed by atoms with Crippen LogP contribution in [0.15, 0.2) is 0 Å². The van der Waals surface area contributed by atoms with Gasteiger partial charge >= 0.3 is 6.18 Å². The molecule has 0 saturated heterocycles. The standard InChI is InChI=1S/C13H19F3N2O/c1-4-12(2,19-3)11-17-9-6-5-8(13(14,15)16)7-10(9)18-11/h8H,4-7H2,1-3H3,(H,17,18). The summed E-state index contributed by atoms with van der Waals surface area (Å²) in [6.07, 6.45) is -2.93. The predicted octanol–water partition coefficient (Wildman–Crippen LogP) is 3.35. The molecular weight excluding hydrogens is 257 g/mol. The van der Waals surface area contributed by atoms with E-state index < -0.39 is 17.7 Å². The summed E-state index contributed by atoms with van der Waals surface area (Å²) in [4.78, 5) is 7.48. The number of hydrogen-bond donors (Lipinski definition) is 1. The summed E-state index contributed by atoms with van der Waals surface area (Å²) in [5, 5.41) is 0. The number of nitrogens with zero attached hydrogens (tertiary/aromatic N) is 1. The molecular formula is C13H19F3N2O. The largest absolute Gasteiger partial charge is 0.392 e. The van der Waals surface area contributed by atoms with E-state index in [1.54, 1.807) is 7.11 Å². The van der Waals surface area contributed by atoms with E-state index in [1.807, 2.05) is 13.8 Å². The zero-order valence-corrected chi connectivity index (χ0v) is 11.4. The first-order valence-electron chi connectivity index (χ1n) is 6.50.